The highest BCUT2D eigenvalue weighted by Crippen LogP contribution is 2.27. The van der Waals surface area contributed by atoms with Crippen molar-refractivity contribution in [1.82, 2.24) is 9.88 Å². The van der Waals surface area contributed by atoms with Crippen LogP contribution in [0.4, 0.5) is 0 Å². The number of aromatic nitrogens is 1. The summed E-state index contributed by atoms with van der Waals surface area (Å²) in [5.41, 5.74) is 0.610. The number of carbonyl (C=O) groups excluding carboxylic acids is 2. The number of H-pyrrole nitrogens is 1. The Labute approximate surface area is 140 Å². The third-order valence-electron chi connectivity index (χ3n) is 4.63. The lowest BCUT2D eigenvalue weighted by atomic mass is 9.91. The van der Waals surface area contributed by atoms with Gasteiger partial charge in [-0.2, -0.15) is 0 Å². The molecule has 1 fully saturated rings. The molecule has 0 aliphatic carbocycles. The molecule has 1 aliphatic heterocycles. The minimum atomic E-state index is -1.76. The second-order valence-corrected chi connectivity index (χ2v) is 6.41. The van der Waals surface area contributed by atoms with Gasteiger partial charge in [0.05, 0.1) is 0 Å². The first-order valence-electron chi connectivity index (χ1n) is 8.18. The molecule has 7 nitrogen and oxygen atoms in total. The first-order valence-corrected chi connectivity index (χ1v) is 8.18. The Morgan fingerprint density at radius 2 is 1.83 bits per heavy atom. The fourth-order valence-electron chi connectivity index (χ4n) is 3.29. The molecule has 0 saturated carbocycles. The minimum absolute atomic E-state index is 0.00353. The van der Waals surface area contributed by atoms with Crippen molar-refractivity contribution in [3.63, 3.8) is 0 Å². The molecule has 1 amide bonds. The minimum Gasteiger partial charge on any atom is -0.479 e. The molecule has 1 aliphatic rings. The van der Waals surface area contributed by atoms with Gasteiger partial charge in [-0.1, -0.05) is 13.3 Å². The maximum atomic E-state index is 12.8. The number of aliphatic carboxylic acids is 1. The molecular weight excluding hydrogens is 312 g/mol. The van der Waals surface area contributed by atoms with Gasteiger partial charge in [-0.3, -0.25) is 9.59 Å². The number of hydrogen-bond donors (Lipinski definition) is 3. The molecule has 0 aromatic carbocycles. The van der Waals surface area contributed by atoms with Gasteiger partial charge in [0, 0.05) is 37.2 Å². The molecule has 7 heteroatoms. The van der Waals surface area contributed by atoms with Crippen LogP contribution >= 0.6 is 0 Å². The van der Waals surface area contributed by atoms with Crippen molar-refractivity contribution in [1.29, 1.82) is 0 Å². The third kappa shape index (κ3) is 3.21. The molecule has 132 valence electrons. The monoisotopic (exact) mass is 336 g/mol. The zero-order valence-electron chi connectivity index (χ0n) is 14.3. The van der Waals surface area contributed by atoms with Crippen LogP contribution in [0, 0.1) is 6.92 Å². The summed E-state index contributed by atoms with van der Waals surface area (Å²) in [4.78, 5) is 40.4. The summed E-state index contributed by atoms with van der Waals surface area (Å²) in [5.74, 6) is -1.58. The molecule has 2 rings (SSSR count). The molecule has 24 heavy (non-hydrogen) atoms. The van der Waals surface area contributed by atoms with Gasteiger partial charge in [-0.25, -0.2) is 4.79 Å². The van der Waals surface area contributed by atoms with E-state index >= 15 is 0 Å². The number of nitrogens with one attached hydrogen (secondary N) is 1. The van der Waals surface area contributed by atoms with Crippen LogP contribution in [-0.2, 0) is 11.2 Å². The largest absolute Gasteiger partial charge is 0.479 e. The van der Waals surface area contributed by atoms with Crippen LogP contribution in [0.25, 0.3) is 0 Å². The number of aliphatic hydroxyl groups is 1. The summed E-state index contributed by atoms with van der Waals surface area (Å²) in [7, 11) is 0. The lowest BCUT2D eigenvalue weighted by Gasteiger charge is -2.35. The van der Waals surface area contributed by atoms with Crippen LogP contribution in [0.2, 0.25) is 0 Å². The Balaban J connectivity index is 2.26. The van der Waals surface area contributed by atoms with Gasteiger partial charge in [-0.15, -0.1) is 0 Å². The highest BCUT2D eigenvalue weighted by Gasteiger charge is 2.41. The number of amides is 1. The number of nitrogens with zero attached hydrogens (tertiary/aromatic N) is 1. The van der Waals surface area contributed by atoms with Gasteiger partial charge in [0.15, 0.2) is 11.4 Å². The van der Waals surface area contributed by atoms with E-state index in [0.717, 1.165) is 12.0 Å². The number of carboxylic acid groups (broad SMARTS) is 1. The van der Waals surface area contributed by atoms with Crippen molar-refractivity contribution in [2.75, 3.05) is 13.1 Å². The van der Waals surface area contributed by atoms with Crippen LogP contribution in [0.15, 0.2) is 0 Å². The Morgan fingerprint density at radius 1 is 1.25 bits per heavy atom. The Kier molecular flexibility index (Phi) is 5.13. The van der Waals surface area contributed by atoms with E-state index in [1.807, 2.05) is 6.92 Å². The van der Waals surface area contributed by atoms with Crippen molar-refractivity contribution >= 4 is 17.7 Å². The zero-order chi connectivity index (χ0) is 18.1. The first kappa shape index (κ1) is 18.2. The molecule has 0 radical (unpaired) electrons. The normalized spacial score (nSPS) is 16.9. The van der Waals surface area contributed by atoms with E-state index in [4.69, 9.17) is 5.11 Å². The second kappa shape index (κ2) is 6.76. The number of likely N-dealkylation sites (tertiary alicyclic amines) is 1. The molecule has 1 aromatic heterocycles. The number of Topliss-reactive ketones (excluding diaryl/α,β-unsaturated/α-hetero) is 1. The number of aryl methyl sites for hydroxylation is 1. The molecule has 0 bridgehead atoms. The predicted octanol–water partition coefficient (Wildman–Crippen LogP) is 1.53. The molecule has 3 N–H and O–H groups in total. The summed E-state index contributed by atoms with van der Waals surface area (Å²) >= 11 is 0. The molecule has 1 aromatic rings. The molecule has 1 saturated heterocycles. The summed E-state index contributed by atoms with van der Waals surface area (Å²) in [6.45, 7) is 5.57. The lowest BCUT2D eigenvalue weighted by Crippen LogP contribution is -2.51. The Bertz CT molecular complexity index is 669. The van der Waals surface area contributed by atoms with Crippen LogP contribution in [0.5, 0.6) is 0 Å². The van der Waals surface area contributed by atoms with Crippen molar-refractivity contribution in [2.24, 2.45) is 0 Å². The summed E-state index contributed by atoms with van der Waals surface area (Å²) in [5, 5.41) is 19.0. The summed E-state index contributed by atoms with van der Waals surface area (Å²) in [6.07, 6.45) is 1.41. The Morgan fingerprint density at radius 3 is 2.29 bits per heavy atom. The SMILES string of the molecule is CCCc1c(C(=O)N2CCC(O)(C(=O)O)CC2)[nH]c(C)c1C(C)=O. The van der Waals surface area contributed by atoms with Crippen LogP contribution in [0.3, 0.4) is 0 Å². The second-order valence-electron chi connectivity index (χ2n) is 6.41. The van der Waals surface area contributed by atoms with Gasteiger partial charge in [0.25, 0.3) is 5.91 Å². The topological polar surface area (TPSA) is 111 Å². The van der Waals surface area contributed by atoms with Gasteiger partial charge in [0.2, 0.25) is 0 Å². The maximum Gasteiger partial charge on any atom is 0.335 e. The number of ketones is 1. The van der Waals surface area contributed by atoms with Crippen molar-refractivity contribution < 1.29 is 24.6 Å². The number of rotatable bonds is 5. The molecule has 0 unspecified atom stereocenters. The molecule has 0 spiro atoms. The van der Waals surface area contributed by atoms with Gasteiger partial charge < -0.3 is 20.1 Å². The van der Waals surface area contributed by atoms with E-state index in [0.29, 0.717) is 23.4 Å². The van der Waals surface area contributed by atoms with Gasteiger partial charge in [-0.05, 0) is 25.8 Å². The Hall–Kier alpha value is -2.15. The summed E-state index contributed by atoms with van der Waals surface area (Å²) in [6, 6.07) is 0. The van der Waals surface area contributed by atoms with E-state index < -0.39 is 11.6 Å². The predicted molar refractivity (Wildman–Crippen MR) is 87.3 cm³/mol. The molecular formula is C17H24N2O5. The number of hydrogen-bond acceptors (Lipinski definition) is 4. The van der Waals surface area contributed by atoms with Crippen molar-refractivity contribution in [3.05, 3.63) is 22.5 Å². The summed E-state index contributed by atoms with van der Waals surface area (Å²) < 4.78 is 0. The standard InChI is InChI=1S/C17H24N2O5/c1-4-5-12-13(11(3)20)10(2)18-14(12)15(21)19-8-6-17(24,7-9-19)16(22)23/h18,24H,4-9H2,1-3H3,(H,22,23). The van der Waals surface area contributed by atoms with E-state index in [9.17, 15) is 19.5 Å². The molecule has 2 heterocycles. The highest BCUT2D eigenvalue weighted by molar-refractivity contribution is 6.02. The number of carbonyl (C=O) groups is 3. The van der Waals surface area contributed by atoms with Gasteiger partial charge >= 0.3 is 5.97 Å². The zero-order valence-corrected chi connectivity index (χ0v) is 14.3. The smallest absolute Gasteiger partial charge is 0.335 e. The average Bonchev–Trinajstić information content (AvgIpc) is 2.84. The fourth-order valence-corrected chi connectivity index (χ4v) is 3.29. The first-order chi connectivity index (χ1) is 11.2. The van der Waals surface area contributed by atoms with E-state index in [1.165, 1.54) is 11.8 Å². The van der Waals surface area contributed by atoms with Crippen molar-refractivity contribution in [2.45, 2.75) is 52.1 Å². The van der Waals surface area contributed by atoms with Crippen molar-refractivity contribution in [3.8, 4) is 0 Å². The number of piperidine rings is 1. The third-order valence-corrected chi connectivity index (χ3v) is 4.63. The number of aromatic amines is 1. The highest BCUT2D eigenvalue weighted by atomic mass is 16.4. The molecule has 0 atom stereocenters. The van der Waals surface area contributed by atoms with Crippen LogP contribution in [0.1, 0.15) is 65.2 Å². The quantitative estimate of drug-likeness (QED) is 0.706. The van der Waals surface area contributed by atoms with Crippen LogP contribution in [-0.4, -0.2) is 56.4 Å². The fraction of sp³-hybridized carbons (Fsp3) is 0.588. The maximum absolute atomic E-state index is 12.8. The number of carboxylic acids is 1. The lowest BCUT2D eigenvalue weighted by molar-refractivity contribution is -0.162. The van der Waals surface area contributed by atoms with E-state index in [-0.39, 0.29) is 37.6 Å². The average molecular weight is 336 g/mol. The van der Waals surface area contributed by atoms with Gasteiger partial charge in [0.1, 0.15) is 5.69 Å². The van der Waals surface area contributed by atoms with E-state index in [2.05, 4.69) is 4.98 Å². The van der Waals surface area contributed by atoms with E-state index in [1.54, 1.807) is 6.92 Å². The van der Waals surface area contributed by atoms with Crippen LogP contribution < -0.4 is 0 Å².